The van der Waals surface area contributed by atoms with Crippen molar-refractivity contribution in [2.24, 2.45) is 0 Å². The molecule has 1 N–H and O–H groups in total. The molecule has 0 aliphatic heterocycles. The third-order valence-electron chi connectivity index (χ3n) is 4.16. The van der Waals surface area contributed by atoms with Gasteiger partial charge in [0.15, 0.2) is 0 Å². The van der Waals surface area contributed by atoms with Crippen molar-refractivity contribution in [2.75, 3.05) is 6.54 Å². The fourth-order valence-corrected chi connectivity index (χ4v) is 3.27. The Labute approximate surface area is 170 Å². The van der Waals surface area contributed by atoms with Gasteiger partial charge in [-0.3, -0.25) is 9.80 Å². The van der Waals surface area contributed by atoms with Gasteiger partial charge in [-0.25, -0.2) is 9.80 Å². The molecule has 28 heavy (non-hydrogen) atoms. The van der Waals surface area contributed by atoms with E-state index in [9.17, 15) is 9.59 Å². The molecule has 1 aromatic rings. The van der Waals surface area contributed by atoms with Crippen molar-refractivity contribution in [3.63, 3.8) is 0 Å². The van der Waals surface area contributed by atoms with Crippen LogP contribution in [0.4, 0.5) is 4.79 Å². The van der Waals surface area contributed by atoms with Gasteiger partial charge in [0.25, 0.3) is 5.91 Å². The van der Waals surface area contributed by atoms with Gasteiger partial charge in [0.1, 0.15) is 11.6 Å². The Balaban J connectivity index is 3.13. The number of carbonyl (C=O) groups is 2. The molecular weight excluding hydrogens is 354 g/mol. The van der Waals surface area contributed by atoms with Gasteiger partial charge in [-0.2, -0.15) is 0 Å². The van der Waals surface area contributed by atoms with E-state index in [2.05, 4.69) is 38.0 Å². The third-order valence-corrected chi connectivity index (χ3v) is 4.16. The Kier molecular flexibility index (Phi) is 8.95. The van der Waals surface area contributed by atoms with Gasteiger partial charge in [-0.1, -0.05) is 30.3 Å². The first-order valence-corrected chi connectivity index (χ1v) is 10.1. The minimum absolute atomic E-state index is 0.139. The summed E-state index contributed by atoms with van der Waals surface area (Å²) < 4.78 is 5.39. The molecular formula is C22H37N3O3. The minimum atomic E-state index is -0.711. The zero-order valence-electron chi connectivity index (χ0n) is 18.7. The number of nitrogens with one attached hydrogen (secondary N) is 1. The number of hydrazine groups is 1. The van der Waals surface area contributed by atoms with Gasteiger partial charge in [0.05, 0.1) is 0 Å². The molecule has 6 heteroatoms. The van der Waals surface area contributed by atoms with Gasteiger partial charge in [-0.15, -0.1) is 0 Å². The van der Waals surface area contributed by atoms with Crippen LogP contribution in [-0.2, 0) is 16.0 Å². The molecule has 0 spiro atoms. The lowest BCUT2D eigenvalue weighted by Crippen LogP contribution is -2.59. The molecule has 0 aliphatic carbocycles. The molecule has 1 atom stereocenters. The number of likely N-dealkylation sites (N-methyl/N-ethyl adjacent to an activating group) is 1. The molecule has 0 aliphatic rings. The summed E-state index contributed by atoms with van der Waals surface area (Å²) in [4.78, 5) is 25.8. The second-order valence-electron chi connectivity index (χ2n) is 8.51. The number of hydrogen-bond donors (Lipinski definition) is 1. The molecule has 1 rings (SSSR count). The van der Waals surface area contributed by atoms with E-state index >= 15 is 0 Å². The summed E-state index contributed by atoms with van der Waals surface area (Å²) >= 11 is 0. The molecule has 0 aromatic heterocycles. The molecule has 0 fully saturated rings. The average molecular weight is 392 g/mol. The van der Waals surface area contributed by atoms with E-state index in [0.29, 0.717) is 13.0 Å². The van der Waals surface area contributed by atoms with Gasteiger partial charge in [0, 0.05) is 25.0 Å². The first-order valence-electron chi connectivity index (χ1n) is 10.1. The standard InChI is InChI=1S/C22H37N3O3/c1-9-24(25(16(2)3)17(4)5)20(26)19(15-18-13-11-10-12-14-18)23-21(27)28-22(6,7)8/h10-14,16-17,19H,9,15H2,1-8H3,(H,23,27). The number of ether oxygens (including phenoxy) is 1. The Morgan fingerprint density at radius 3 is 2.00 bits per heavy atom. The smallest absolute Gasteiger partial charge is 0.408 e. The quantitative estimate of drug-likeness (QED) is 0.680. The first-order chi connectivity index (χ1) is 13.0. The summed E-state index contributed by atoms with van der Waals surface area (Å²) in [6.45, 7) is 16.1. The summed E-state index contributed by atoms with van der Waals surface area (Å²) in [5.41, 5.74) is 0.352. The summed E-state index contributed by atoms with van der Waals surface area (Å²) in [6, 6.07) is 9.29. The molecule has 0 bridgehead atoms. The highest BCUT2D eigenvalue weighted by Gasteiger charge is 2.32. The van der Waals surface area contributed by atoms with Crippen molar-refractivity contribution < 1.29 is 14.3 Å². The number of rotatable bonds is 8. The highest BCUT2D eigenvalue weighted by molar-refractivity contribution is 5.85. The summed E-state index contributed by atoms with van der Waals surface area (Å²) in [6.07, 6.45) is -0.183. The van der Waals surface area contributed by atoms with Crippen LogP contribution in [0.5, 0.6) is 0 Å². The van der Waals surface area contributed by atoms with Crippen LogP contribution in [-0.4, -0.2) is 52.3 Å². The third kappa shape index (κ3) is 7.50. The van der Waals surface area contributed by atoms with Crippen molar-refractivity contribution in [1.29, 1.82) is 0 Å². The van der Waals surface area contributed by atoms with Crippen molar-refractivity contribution in [3.8, 4) is 0 Å². The largest absolute Gasteiger partial charge is 0.444 e. The van der Waals surface area contributed by atoms with Gasteiger partial charge >= 0.3 is 6.09 Å². The van der Waals surface area contributed by atoms with Crippen LogP contribution in [0.25, 0.3) is 0 Å². The van der Waals surface area contributed by atoms with Crippen molar-refractivity contribution in [2.45, 2.75) is 85.5 Å². The fraction of sp³-hybridized carbons (Fsp3) is 0.636. The number of benzene rings is 1. The molecule has 0 heterocycles. The molecule has 6 nitrogen and oxygen atoms in total. The van der Waals surface area contributed by atoms with E-state index < -0.39 is 17.7 Å². The molecule has 2 amide bonds. The average Bonchev–Trinajstić information content (AvgIpc) is 2.56. The van der Waals surface area contributed by atoms with E-state index in [0.717, 1.165) is 5.56 Å². The Morgan fingerprint density at radius 1 is 1.04 bits per heavy atom. The molecule has 1 unspecified atom stereocenters. The topological polar surface area (TPSA) is 61.9 Å². The SMILES string of the molecule is CCN(C(=O)C(Cc1ccccc1)NC(=O)OC(C)(C)C)N(C(C)C)C(C)C. The normalized spacial score (nSPS) is 13.0. The van der Waals surface area contributed by atoms with Gasteiger partial charge in [-0.05, 0) is 61.0 Å². The van der Waals surface area contributed by atoms with Crippen LogP contribution in [0.3, 0.4) is 0 Å². The number of amides is 2. The Bertz CT molecular complexity index is 616. The predicted molar refractivity (Wildman–Crippen MR) is 113 cm³/mol. The molecule has 0 saturated carbocycles. The van der Waals surface area contributed by atoms with E-state index in [1.807, 2.05) is 37.3 Å². The summed E-state index contributed by atoms with van der Waals surface area (Å²) in [5, 5.41) is 6.58. The predicted octanol–water partition coefficient (Wildman–Crippen LogP) is 4.00. The van der Waals surface area contributed by atoms with Gasteiger partial charge < -0.3 is 10.1 Å². The molecule has 158 valence electrons. The van der Waals surface area contributed by atoms with Crippen LogP contribution in [0.15, 0.2) is 30.3 Å². The van der Waals surface area contributed by atoms with Crippen molar-refractivity contribution in [3.05, 3.63) is 35.9 Å². The van der Waals surface area contributed by atoms with Crippen molar-refractivity contribution in [1.82, 2.24) is 15.3 Å². The second kappa shape index (κ2) is 10.5. The van der Waals surface area contributed by atoms with E-state index in [4.69, 9.17) is 4.74 Å². The maximum atomic E-state index is 13.4. The monoisotopic (exact) mass is 391 g/mol. The maximum Gasteiger partial charge on any atom is 0.408 e. The number of hydrogen-bond acceptors (Lipinski definition) is 4. The van der Waals surface area contributed by atoms with Crippen LogP contribution in [0, 0.1) is 0 Å². The minimum Gasteiger partial charge on any atom is -0.444 e. The lowest BCUT2D eigenvalue weighted by molar-refractivity contribution is -0.159. The zero-order valence-corrected chi connectivity index (χ0v) is 18.7. The molecule has 1 aromatic carbocycles. The van der Waals surface area contributed by atoms with Crippen LogP contribution < -0.4 is 5.32 Å². The lowest BCUT2D eigenvalue weighted by Gasteiger charge is -2.41. The summed E-state index contributed by atoms with van der Waals surface area (Å²) in [5.74, 6) is -0.139. The van der Waals surface area contributed by atoms with Gasteiger partial charge in [0.2, 0.25) is 0 Å². The molecule has 0 saturated heterocycles. The van der Waals surface area contributed by atoms with E-state index in [-0.39, 0.29) is 18.0 Å². The second-order valence-corrected chi connectivity index (χ2v) is 8.51. The first kappa shape index (κ1) is 24.0. The highest BCUT2D eigenvalue weighted by Crippen LogP contribution is 2.15. The Hall–Kier alpha value is -2.08. The van der Waals surface area contributed by atoms with Crippen LogP contribution in [0.1, 0.15) is 61.0 Å². The Morgan fingerprint density at radius 2 is 1.57 bits per heavy atom. The van der Waals surface area contributed by atoms with Crippen LogP contribution >= 0.6 is 0 Å². The maximum absolute atomic E-state index is 13.4. The summed E-state index contributed by atoms with van der Waals surface area (Å²) in [7, 11) is 0. The van der Waals surface area contributed by atoms with E-state index in [1.54, 1.807) is 25.8 Å². The fourth-order valence-electron chi connectivity index (χ4n) is 3.27. The number of alkyl carbamates (subject to hydrolysis) is 1. The van der Waals surface area contributed by atoms with E-state index in [1.165, 1.54) is 0 Å². The molecule has 0 radical (unpaired) electrons. The van der Waals surface area contributed by atoms with Crippen LogP contribution in [0.2, 0.25) is 0 Å². The zero-order chi connectivity index (χ0) is 21.5. The van der Waals surface area contributed by atoms with Crippen molar-refractivity contribution >= 4 is 12.0 Å². The lowest BCUT2D eigenvalue weighted by atomic mass is 10.0. The number of carbonyl (C=O) groups excluding carboxylic acids is 2. The number of nitrogens with zero attached hydrogens (tertiary/aromatic N) is 2. The highest BCUT2D eigenvalue weighted by atomic mass is 16.6.